The predicted octanol–water partition coefficient (Wildman–Crippen LogP) is 0.272. The fraction of sp³-hybridized carbons (Fsp3) is 0.357. The zero-order chi connectivity index (χ0) is 18.0. The first-order valence-corrected chi connectivity index (χ1v) is 8.36. The summed E-state index contributed by atoms with van der Waals surface area (Å²) >= 11 is 1.32. The van der Waals surface area contributed by atoms with E-state index in [9.17, 15) is 9.59 Å². The SMILES string of the molecule is Cc1nn(C)c(NNC(=O)Cc2csc(N3CCNC3=O)n2)c1C#N. The smallest absolute Gasteiger partial charge is 0.323 e. The van der Waals surface area contributed by atoms with E-state index in [1.807, 2.05) is 6.07 Å². The zero-order valence-electron chi connectivity index (χ0n) is 13.7. The van der Waals surface area contributed by atoms with Crippen molar-refractivity contribution in [2.24, 2.45) is 7.05 Å². The normalized spacial score (nSPS) is 13.5. The Morgan fingerprint density at radius 3 is 3.04 bits per heavy atom. The lowest BCUT2D eigenvalue weighted by molar-refractivity contribution is -0.120. The number of hydrogen-bond acceptors (Lipinski definition) is 7. The first-order chi connectivity index (χ1) is 12.0. The molecule has 2 aromatic rings. The summed E-state index contributed by atoms with van der Waals surface area (Å²) in [6.45, 7) is 2.87. The van der Waals surface area contributed by atoms with E-state index in [0.29, 0.717) is 41.0 Å². The van der Waals surface area contributed by atoms with E-state index in [-0.39, 0.29) is 18.4 Å². The van der Waals surface area contributed by atoms with E-state index in [4.69, 9.17) is 5.26 Å². The number of amides is 3. The third-order valence-corrected chi connectivity index (χ3v) is 4.54. The molecule has 2 aromatic heterocycles. The van der Waals surface area contributed by atoms with Crippen LogP contribution in [-0.4, -0.2) is 39.8 Å². The lowest BCUT2D eigenvalue weighted by atomic mass is 10.3. The van der Waals surface area contributed by atoms with Crippen LogP contribution < -0.4 is 21.1 Å². The van der Waals surface area contributed by atoms with Crippen LogP contribution in [0.15, 0.2) is 5.38 Å². The number of nitriles is 1. The number of carbonyl (C=O) groups excluding carboxylic acids is 2. The molecule has 0 unspecified atom stereocenters. The second-order valence-electron chi connectivity index (χ2n) is 5.40. The van der Waals surface area contributed by atoms with Gasteiger partial charge in [-0.25, -0.2) is 9.78 Å². The second-order valence-corrected chi connectivity index (χ2v) is 6.24. The van der Waals surface area contributed by atoms with Crippen molar-refractivity contribution >= 4 is 34.2 Å². The van der Waals surface area contributed by atoms with Crippen LogP contribution in [0.5, 0.6) is 0 Å². The highest BCUT2D eigenvalue weighted by molar-refractivity contribution is 7.14. The maximum Gasteiger partial charge on any atom is 0.323 e. The molecule has 0 atom stereocenters. The summed E-state index contributed by atoms with van der Waals surface area (Å²) in [6, 6.07) is 1.87. The van der Waals surface area contributed by atoms with Gasteiger partial charge in [-0.05, 0) is 6.92 Å². The van der Waals surface area contributed by atoms with Crippen LogP contribution in [0.4, 0.5) is 15.7 Å². The molecule has 1 fully saturated rings. The number of rotatable bonds is 5. The van der Waals surface area contributed by atoms with Gasteiger partial charge in [-0.2, -0.15) is 10.4 Å². The Labute approximate surface area is 147 Å². The Morgan fingerprint density at radius 2 is 2.36 bits per heavy atom. The average Bonchev–Trinajstić information content (AvgIpc) is 3.25. The average molecular weight is 360 g/mol. The van der Waals surface area contributed by atoms with Crippen molar-refractivity contribution in [2.45, 2.75) is 13.3 Å². The van der Waals surface area contributed by atoms with Crippen molar-refractivity contribution in [1.29, 1.82) is 5.26 Å². The summed E-state index contributed by atoms with van der Waals surface area (Å²) in [5.74, 6) is 0.103. The first-order valence-electron chi connectivity index (χ1n) is 7.48. The Hall–Kier alpha value is -3.13. The predicted molar refractivity (Wildman–Crippen MR) is 91.0 cm³/mol. The summed E-state index contributed by atoms with van der Waals surface area (Å²) in [6.07, 6.45) is 0.0533. The molecular weight excluding hydrogens is 344 g/mol. The molecule has 0 saturated carbocycles. The van der Waals surface area contributed by atoms with Gasteiger partial charge >= 0.3 is 6.03 Å². The van der Waals surface area contributed by atoms with Crippen molar-refractivity contribution in [3.8, 4) is 6.07 Å². The molecule has 3 rings (SSSR count). The van der Waals surface area contributed by atoms with Crippen molar-refractivity contribution in [1.82, 2.24) is 25.5 Å². The summed E-state index contributed by atoms with van der Waals surface area (Å²) < 4.78 is 1.49. The number of aromatic nitrogens is 3. The van der Waals surface area contributed by atoms with Gasteiger partial charge in [0, 0.05) is 25.5 Å². The molecule has 1 saturated heterocycles. The molecule has 1 aliphatic heterocycles. The Morgan fingerprint density at radius 1 is 1.56 bits per heavy atom. The van der Waals surface area contributed by atoms with Gasteiger partial charge in [0.15, 0.2) is 10.9 Å². The van der Waals surface area contributed by atoms with Crippen LogP contribution in [0.2, 0.25) is 0 Å². The minimum Gasteiger partial charge on any atom is -0.336 e. The van der Waals surface area contributed by atoms with Crippen LogP contribution in [0.25, 0.3) is 0 Å². The topological polar surface area (TPSA) is 128 Å². The van der Waals surface area contributed by atoms with Gasteiger partial charge in [-0.3, -0.25) is 25.2 Å². The third-order valence-electron chi connectivity index (χ3n) is 3.62. The van der Waals surface area contributed by atoms with Gasteiger partial charge in [0.05, 0.1) is 17.8 Å². The van der Waals surface area contributed by atoms with E-state index in [2.05, 4.69) is 26.3 Å². The van der Waals surface area contributed by atoms with Crippen LogP contribution in [0, 0.1) is 18.3 Å². The lowest BCUT2D eigenvalue weighted by Crippen LogP contribution is -2.32. The number of hydrogen-bond donors (Lipinski definition) is 3. The maximum atomic E-state index is 12.1. The highest BCUT2D eigenvalue weighted by Gasteiger charge is 2.24. The number of hydrazine groups is 1. The molecule has 0 aromatic carbocycles. The van der Waals surface area contributed by atoms with E-state index >= 15 is 0 Å². The maximum absolute atomic E-state index is 12.1. The molecule has 3 heterocycles. The monoisotopic (exact) mass is 360 g/mol. The van der Waals surface area contributed by atoms with Gasteiger partial charge in [0.1, 0.15) is 11.6 Å². The molecule has 0 spiro atoms. The standard InChI is InChI=1S/C14H16N8O2S/c1-8-10(6-15)12(21(2)20-8)19-18-11(23)5-9-7-25-14(17-9)22-4-3-16-13(22)24/h7,19H,3-5H2,1-2H3,(H,16,24)(H,18,23). The first kappa shape index (κ1) is 16.7. The second kappa shape index (κ2) is 6.78. The lowest BCUT2D eigenvalue weighted by Gasteiger charge is -2.09. The fourth-order valence-electron chi connectivity index (χ4n) is 2.43. The highest BCUT2D eigenvalue weighted by atomic mass is 32.1. The number of nitrogens with zero attached hydrogens (tertiary/aromatic N) is 5. The van der Waals surface area contributed by atoms with Gasteiger partial charge in [-0.15, -0.1) is 11.3 Å². The molecule has 0 aliphatic carbocycles. The van der Waals surface area contributed by atoms with Crippen LogP contribution in [-0.2, 0) is 18.3 Å². The van der Waals surface area contributed by atoms with Crippen molar-refractivity contribution in [2.75, 3.05) is 23.4 Å². The Bertz CT molecular complexity index is 865. The van der Waals surface area contributed by atoms with Crippen molar-refractivity contribution < 1.29 is 9.59 Å². The summed E-state index contributed by atoms with van der Waals surface area (Å²) in [5, 5.41) is 18.3. The largest absolute Gasteiger partial charge is 0.336 e. The number of nitrogens with one attached hydrogen (secondary N) is 3. The van der Waals surface area contributed by atoms with Crippen molar-refractivity contribution in [3.63, 3.8) is 0 Å². The Kier molecular flexibility index (Phi) is 4.53. The van der Waals surface area contributed by atoms with E-state index in [1.165, 1.54) is 16.0 Å². The number of thiazole rings is 1. The van der Waals surface area contributed by atoms with E-state index in [1.54, 1.807) is 24.3 Å². The van der Waals surface area contributed by atoms with Crippen LogP contribution in [0.3, 0.4) is 0 Å². The molecule has 130 valence electrons. The van der Waals surface area contributed by atoms with E-state index in [0.717, 1.165) is 0 Å². The van der Waals surface area contributed by atoms with Gasteiger partial charge in [0.2, 0.25) is 5.91 Å². The molecule has 0 radical (unpaired) electrons. The summed E-state index contributed by atoms with van der Waals surface area (Å²) in [7, 11) is 1.68. The van der Waals surface area contributed by atoms with Gasteiger partial charge < -0.3 is 5.32 Å². The van der Waals surface area contributed by atoms with Crippen LogP contribution in [0.1, 0.15) is 17.0 Å². The Balaban J connectivity index is 1.59. The summed E-state index contributed by atoms with van der Waals surface area (Å²) in [5.41, 5.74) is 6.78. The van der Waals surface area contributed by atoms with E-state index < -0.39 is 0 Å². The van der Waals surface area contributed by atoms with Gasteiger partial charge in [0.25, 0.3) is 0 Å². The van der Waals surface area contributed by atoms with Crippen LogP contribution >= 0.6 is 11.3 Å². The molecule has 10 nitrogen and oxygen atoms in total. The third kappa shape index (κ3) is 3.38. The minimum atomic E-state index is -0.314. The molecule has 3 N–H and O–H groups in total. The fourth-order valence-corrected chi connectivity index (χ4v) is 3.28. The zero-order valence-corrected chi connectivity index (χ0v) is 14.5. The number of carbonyl (C=O) groups is 2. The quantitative estimate of drug-likeness (QED) is 0.657. The number of anilines is 2. The molecule has 11 heteroatoms. The highest BCUT2D eigenvalue weighted by Crippen LogP contribution is 2.22. The molecule has 1 aliphatic rings. The molecular formula is C14H16N8O2S. The molecule has 0 bridgehead atoms. The number of aryl methyl sites for hydroxylation is 2. The minimum absolute atomic E-state index is 0.0533. The van der Waals surface area contributed by atoms with Crippen molar-refractivity contribution in [3.05, 3.63) is 22.3 Å². The number of urea groups is 1. The molecule has 3 amide bonds. The summed E-state index contributed by atoms with van der Waals surface area (Å²) in [4.78, 5) is 29.6. The van der Waals surface area contributed by atoms with Gasteiger partial charge in [-0.1, -0.05) is 0 Å². The molecule has 25 heavy (non-hydrogen) atoms.